The minimum Gasteiger partial charge on any atom is -0.373 e. The van der Waals surface area contributed by atoms with Gasteiger partial charge in [0.2, 0.25) is 10.0 Å². The summed E-state index contributed by atoms with van der Waals surface area (Å²) in [4.78, 5) is 0.252. The minimum absolute atomic E-state index is 0.113. The quantitative estimate of drug-likeness (QED) is 0.860. The van der Waals surface area contributed by atoms with Crippen molar-refractivity contribution in [1.29, 1.82) is 0 Å². The van der Waals surface area contributed by atoms with Gasteiger partial charge in [0, 0.05) is 13.1 Å². The number of rotatable bonds is 3. The molecule has 2 heterocycles. The molecule has 1 fully saturated rings. The third kappa shape index (κ3) is 3.17. The summed E-state index contributed by atoms with van der Waals surface area (Å²) in [6.45, 7) is 6.22. The first-order valence-corrected chi connectivity index (χ1v) is 9.09. The molecule has 124 valence electrons. The van der Waals surface area contributed by atoms with Crippen molar-refractivity contribution in [2.24, 2.45) is 0 Å². The summed E-state index contributed by atoms with van der Waals surface area (Å²) in [7, 11) is -3.58. The third-order valence-electron chi connectivity index (χ3n) is 3.88. The third-order valence-corrected chi connectivity index (χ3v) is 5.81. The molecule has 2 unspecified atom stereocenters. The number of aromatic nitrogens is 2. The van der Waals surface area contributed by atoms with Gasteiger partial charge in [0.1, 0.15) is 4.90 Å². The molecule has 6 nitrogen and oxygen atoms in total. The van der Waals surface area contributed by atoms with E-state index in [9.17, 15) is 8.42 Å². The number of benzene rings is 1. The lowest BCUT2D eigenvalue weighted by molar-refractivity contribution is -0.0440. The van der Waals surface area contributed by atoms with Crippen LogP contribution in [-0.4, -0.2) is 47.8 Å². The van der Waals surface area contributed by atoms with Crippen LogP contribution in [0.15, 0.2) is 41.4 Å². The van der Waals surface area contributed by atoms with Gasteiger partial charge in [-0.05, 0) is 32.9 Å². The summed E-state index contributed by atoms with van der Waals surface area (Å²) in [5.74, 6) is 0. The van der Waals surface area contributed by atoms with Crippen molar-refractivity contribution in [3.05, 3.63) is 42.2 Å². The van der Waals surface area contributed by atoms with Gasteiger partial charge in [0.25, 0.3) is 0 Å². The molecule has 0 amide bonds. The average Bonchev–Trinajstić information content (AvgIpc) is 2.90. The van der Waals surface area contributed by atoms with E-state index in [0.29, 0.717) is 18.8 Å². The Morgan fingerprint density at radius 2 is 1.74 bits per heavy atom. The molecule has 0 bridgehead atoms. The van der Waals surface area contributed by atoms with E-state index in [1.165, 1.54) is 4.31 Å². The molecule has 2 atom stereocenters. The Hall–Kier alpha value is -1.70. The first-order valence-electron chi connectivity index (χ1n) is 7.65. The van der Waals surface area contributed by atoms with Crippen molar-refractivity contribution in [3.8, 4) is 5.69 Å². The lowest BCUT2D eigenvalue weighted by Gasteiger charge is -2.34. The number of para-hydroxylation sites is 1. The number of morpholine rings is 1. The monoisotopic (exact) mass is 335 g/mol. The lowest BCUT2D eigenvalue weighted by atomic mass is 10.3. The van der Waals surface area contributed by atoms with Crippen LogP contribution in [0.4, 0.5) is 0 Å². The molecule has 0 spiro atoms. The molecule has 1 aliphatic heterocycles. The SMILES string of the molecule is Cc1nn(-c2ccccc2)cc1S(=O)(=O)N1CC(C)OC(C)C1. The smallest absolute Gasteiger partial charge is 0.246 e. The fraction of sp³-hybridized carbons (Fsp3) is 0.438. The number of sulfonamides is 1. The summed E-state index contributed by atoms with van der Waals surface area (Å²) in [5.41, 5.74) is 1.33. The number of hydrogen-bond donors (Lipinski definition) is 0. The van der Waals surface area contributed by atoms with E-state index in [1.807, 2.05) is 44.2 Å². The van der Waals surface area contributed by atoms with Crippen LogP contribution in [0.1, 0.15) is 19.5 Å². The molecule has 1 aliphatic rings. The van der Waals surface area contributed by atoms with E-state index in [1.54, 1.807) is 17.8 Å². The van der Waals surface area contributed by atoms with Gasteiger partial charge in [-0.3, -0.25) is 0 Å². The Kier molecular flexibility index (Phi) is 4.27. The molecule has 0 aliphatic carbocycles. The van der Waals surface area contributed by atoms with E-state index >= 15 is 0 Å². The standard InChI is InChI=1S/C16H21N3O3S/c1-12-9-18(10-13(2)22-12)23(20,21)16-11-19(17-14(16)3)15-7-5-4-6-8-15/h4-8,11-13H,9-10H2,1-3H3. The lowest BCUT2D eigenvalue weighted by Crippen LogP contribution is -2.48. The molecule has 0 N–H and O–H groups in total. The Labute approximate surface area is 136 Å². The summed E-state index contributed by atoms with van der Waals surface area (Å²) < 4.78 is 34.6. The van der Waals surface area contributed by atoms with Crippen LogP contribution in [0.5, 0.6) is 0 Å². The number of nitrogens with zero attached hydrogens (tertiary/aromatic N) is 3. The van der Waals surface area contributed by atoms with Gasteiger partial charge in [-0.15, -0.1) is 0 Å². The Balaban J connectivity index is 1.96. The Bertz CT molecular complexity index is 776. The van der Waals surface area contributed by atoms with Gasteiger partial charge in [0.15, 0.2) is 0 Å². The number of hydrogen-bond acceptors (Lipinski definition) is 4. The van der Waals surface area contributed by atoms with Gasteiger partial charge in [-0.1, -0.05) is 18.2 Å². The topological polar surface area (TPSA) is 64.4 Å². The van der Waals surface area contributed by atoms with Gasteiger partial charge in [-0.2, -0.15) is 9.40 Å². The number of ether oxygens (including phenoxy) is 1. The van der Waals surface area contributed by atoms with Crippen molar-refractivity contribution in [2.45, 2.75) is 37.9 Å². The molecule has 23 heavy (non-hydrogen) atoms. The van der Waals surface area contributed by atoms with E-state index in [2.05, 4.69) is 5.10 Å². The first kappa shape index (κ1) is 16.2. The van der Waals surface area contributed by atoms with Crippen LogP contribution < -0.4 is 0 Å². The molecule has 0 radical (unpaired) electrons. The highest BCUT2D eigenvalue weighted by Gasteiger charge is 2.34. The molecule has 1 aromatic carbocycles. The molecule has 3 rings (SSSR count). The van der Waals surface area contributed by atoms with Crippen LogP contribution in [0.3, 0.4) is 0 Å². The molecule has 7 heteroatoms. The largest absolute Gasteiger partial charge is 0.373 e. The summed E-state index contributed by atoms with van der Waals surface area (Å²) in [6, 6.07) is 9.48. The van der Waals surface area contributed by atoms with Crippen LogP contribution in [0.2, 0.25) is 0 Å². The maximum Gasteiger partial charge on any atom is 0.246 e. The van der Waals surface area contributed by atoms with Crippen molar-refractivity contribution in [1.82, 2.24) is 14.1 Å². The van der Waals surface area contributed by atoms with E-state index in [4.69, 9.17) is 4.74 Å². The predicted octanol–water partition coefficient (Wildman–Crippen LogP) is 1.98. The molecular formula is C16H21N3O3S. The fourth-order valence-electron chi connectivity index (χ4n) is 2.88. The Morgan fingerprint density at radius 1 is 1.13 bits per heavy atom. The van der Waals surface area contributed by atoms with Crippen molar-refractivity contribution < 1.29 is 13.2 Å². The van der Waals surface area contributed by atoms with Crippen LogP contribution >= 0.6 is 0 Å². The van der Waals surface area contributed by atoms with E-state index in [0.717, 1.165) is 5.69 Å². The zero-order valence-electron chi connectivity index (χ0n) is 13.5. The summed E-state index contributed by atoms with van der Waals surface area (Å²) in [5, 5.41) is 4.36. The van der Waals surface area contributed by atoms with Crippen LogP contribution in [-0.2, 0) is 14.8 Å². The van der Waals surface area contributed by atoms with E-state index < -0.39 is 10.0 Å². The van der Waals surface area contributed by atoms with Gasteiger partial charge >= 0.3 is 0 Å². The maximum absolute atomic E-state index is 13.0. The zero-order valence-corrected chi connectivity index (χ0v) is 14.3. The highest BCUT2D eigenvalue weighted by atomic mass is 32.2. The van der Waals surface area contributed by atoms with Gasteiger partial charge < -0.3 is 4.74 Å². The summed E-state index contributed by atoms with van der Waals surface area (Å²) >= 11 is 0. The van der Waals surface area contributed by atoms with Gasteiger partial charge in [0.05, 0.1) is 29.8 Å². The molecular weight excluding hydrogens is 314 g/mol. The summed E-state index contributed by atoms with van der Waals surface area (Å²) in [6.07, 6.45) is 1.36. The molecule has 2 aromatic rings. The fourth-order valence-corrected chi connectivity index (χ4v) is 4.61. The second-order valence-electron chi connectivity index (χ2n) is 5.94. The minimum atomic E-state index is -3.58. The normalized spacial score (nSPS) is 23.1. The maximum atomic E-state index is 13.0. The highest BCUT2D eigenvalue weighted by molar-refractivity contribution is 7.89. The average molecular weight is 335 g/mol. The van der Waals surface area contributed by atoms with Gasteiger partial charge in [-0.25, -0.2) is 13.1 Å². The molecule has 1 saturated heterocycles. The van der Waals surface area contributed by atoms with Crippen molar-refractivity contribution in [3.63, 3.8) is 0 Å². The van der Waals surface area contributed by atoms with E-state index in [-0.39, 0.29) is 17.1 Å². The first-order chi connectivity index (χ1) is 10.9. The number of aryl methyl sites for hydroxylation is 1. The predicted molar refractivity (Wildman–Crippen MR) is 87.1 cm³/mol. The second kappa shape index (κ2) is 6.07. The molecule has 0 saturated carbocycles. The zero-order chi connectivity index (χ0) is 16.6. The van der Waals surface area contributed by atoms with Crippen LogP contribution in [0, 0.1) is 6.92 Å². The van der Waals surface area contributed by atoms with Crippen molar-refractivity contribution >= 4 is 10.0 Å². The highest BCUT2D eigenvalue weighted by Crippen LogP contribution is 2.24. The Morgan fingerprint density at radius 3 is 2.35 bits per heavy atom. The van der Waals surface area contributed by atoms with Crippen molar-refractivity contribution in [2.75, 3.05) is 13.1 Å². The second-order valence-corrected chi connectivity index (χ2v) is 7.84. The van der Waals surface area contributed by atoms with Crippen LogP contribution in [0.25, 0.3) is 5.69 Å². The molecule has 1 aromatic heterocycles.